The van der Waals surface area contributed by atoms with Crippen LogP contribution in [0.25, 0.3) is 10.8 Å². The second kappa shape index (κ2) is 7.12. The summed E-state index contributed by atoms with van der Waals surface area (Å²) < 4.78 is 5.45. The highest BCUT2D eigenvalue weighted by atomic mass is 16.5. The monoisotopic (exact) mass is 259 g/mol. The highest BCUT2D eigenvalue weighted by Gasteiger charge is 2.07. The van der Waals surface area contributed by atoms with E-state index in [1.165, 1.54) is 16.3 Å². The number of aliphatic hydroxyl groups is 1. The summed E-state index contributed by atoms with van der Waals surface area (Å²) in [4.78, 5) is 0. The summed E-state index contributed by atoms with van der Waals surface area (Å²) in [6.45, 7) is 1.96. The Morgan fingerprint density at radius 1 is 1.11 bits per heavy atom. The van der Waals surface area contributed by atoms with Crippen molar-refractivity contribution in [1.29, 1.82) is 0 Å². The Labute approximate surface area is 114 Å². The van der Waals surface area contributed by atoms with Crippen LogP contribution in [0.2, 0.25) is 0 Å². The van der Waals surface area contributed by atoms with Crippen molar-refractivity contribution in [3.8, 4) is 5.75 Å². The normalized spacial score (nSPS) is 10.8. The van der Waals surface area contributed by atoms with E-state index in [4.69, 9.17) is 9.84 Å². The zero-order chi connectivity index (χ0) is 13.5. The SMILES string of the molecule is COc1ccc2ccccc2c1CNCCCCO. The Morgan fingerprint density at radius 3 is 2.74 bits per heavy atom. The number of unbranched alkanes of at least 4 members (excludes halogenated alkanes) is 1. The van der Waals surface area contributed by atoms with E-state index in [1.807, 2.05) is 12.1 Å². The maximum Gasteiger partial charge on any atom is 0.123 e. The number of fused-ring (bicyclic) bond motifs is 1. The Bertz CT molecular complexity index is 525. The third-order valence-electron chi connectivity index (χ3n) is 3.28. The first-order valence-electron chi connectivity index (χ1n) is 6.73. The van der Waals surface area contributed by atoms with E-state index in [9.17, 15) is 0 Å². The van der Waals surface area contributed by atoms with Crippen LogP contribution >= 0.6 is 0 Å². The third kappa shape index (κ3) is 3.46. The average Bonchev–Trinajstić information content (AvgIpc) is 2.47. The lowest BCUT2D eigenvalue weighted by Crippen LogP contribution is -2.15. The fourth-order valence-corrected chi connectivity index (χ4v) is 2.26. The quantitative estimate of drug-likeness (QED) is 0.751. The zero-order valence-electron chi connectivity index (χ0n) is 11.4. The molecule has 102 valence electrons. The van der Waals surface area contributed by atoms with Crippen LogP contribution in [0.1, 0.15) is 18.4 Å². The lowest BCUT2D eigenvalue weighted by Gasteiger charge is -2.13. The highest BCUT2D eigenvalue weighted by Crippen LogP contribution is 2.27. The predicted molar refractivity (Wildman–Crippen MR) is 78.5 cm³/mol. The van der Waals surface area contributed by atoms with E-state index in [0.717, 1.165) is 31.7 Å². The van der Waals surface area contributed by atoms with Crippen molar-refractivity contribution in [2.75, 3.05) is 20.3 Å². The molecule has 2 rings (SSSR count). The summed E-state index contributed by atoms with van der Waals surface area (Å²) in [6.07, 6.45) is 1.84. The molecule has 2 aromatic carbocycles. The van der Waals surface area contributed by atoms with E-state index in [-0.39, 0.29) is 6.61 Å². The molecule has 0 amide bonds. The number of benzene rings is 2. The maximum absolute atomic E-state index is 8.76. The zero-order valence-corrected chi connectivity index (χ0v) is 11.4. The van der Waals surface area contributed by atoms with Crippen LogP contribution in [0.3, 0.4) is 0 Å². The van der Waals surface area contributed by atoms with Gasteiger partial charge >= 0.3 is 0 Å². The molecule has 0 bridgehead atoms. The molecule has 0 saturated carbocycles. The van der Waals surface area contributed by atoms with Crippen molar-refractivity contribution in [1.82, 2.24) is 5.32 Å². The van der Waals surface area contributed by atoms with Crippen LogP contribution in [0.5, 0.6) is 5.75 Å². The minimum Gasteiger partial charge on any atom is -0.496 e. The summed E-state index contributed by atoms with van der Waals surface area (Å²) >= 11 is 0. The fraction of sp³-hybridized carbons (Fsp3) is 0.375. The Balaban J connectivity index is 2.14. The summed E-state index contributed by atoms with van der Waals surface area (Å²) in [6, 6.07) is 12.5. The van der Waals surface area contributed by atoms with Gasteiger partial charge in [-0.3, -0.25) is 0 Å². The van der Waals surface area contributed by atoms with Crippen LogP contribution in [0.4, 0.5) is 0 Å². The minimum atomic E-state index is 0.263. The summed E-state index contributed by atoms with van der Waals surface area (Å²) in [5.74, 6) is 0.924. The van der Waals surface area contributed by atoms with Crippen LogP contribution in [0, 0.1) is 0 Å². The minimum absolute atomic E-state index is 0.263. The fourth-order valence-electron chi connectivity index (χ4n) is 2.26. The summed E-state index contributed by atoms with van der Waals surface area (Å²) in [5.41, 5.74) is 1.20. The molecule has 0 saturated heterocycles. The van der Waals surface area contributed by atoms with Crippen molar-refractivity contribution in [3.05, 3.63) is 42.0 Å². The molecule has 3 nitrogen and oxygen atoms in total. The second-order valence-electron chi connectivity index (χ2n) is 4.58. The van der Waals surface area contributed by atoms with E-state index in [2.05, 4.69) is 29.6 Å². The molecule has 0 radical (unpaired) electrons. The Hall–Kier alpha value is -1.58. The number of ether oxygens (including phenoxy) is 1. The maximum atomic E-state index is 8.76. The van der Waals surface area contributed by atoms with E-state index in [0.29, 0.717) is 0 Å². The molecule has 0 aliphatic rings. The molecule has 0 aliphatic heterocycles. The first kappa shape index (κ1) is 13.8. The number of hydrogen-bond donors (Lipinski definition) is 2. The van der Waals surface area contributed by atoms with Gasteiger partial charge in [-0.05, 0) is 36.2 Å². The molecule has 0 spiro atoms. The topological polar surface area (TPSA) is 41.5 Å². The molecular weight excluding hydrogens is 238 g/mol. The molecule has 0 heterocycles. The molecule has 0 unspecified atom stereocenters. The van der Waals surface area contributed by atoms with E-state index < -0.39 is 0 Å². The average molecular weight is 259 g/mol. The van der Waals surface area contributed by atoms with Gasteiger partial charge in [-0.1, -0.05) is 30.3 Å². The van der Waals surface area contributed by atoms with Gasteiger partial charge in [-0.25, -0.2) is 0 Å². The molecule has 3 heteroatoms. The van der Waals surface area contributed by atoms with E-state index in [1.54, 1.807) is 7.11 Å². The molecule has 0 atom stereocenters. The van der Waals surface area contributed by atoms with Crippen LogP contribution in [-0.2, 0) is 6.54 Å². The van der Waals surface area contributed by atoms with Crippen molar-refractivity contribution in [3.63, 3.8) is 0 Å². The number of hydrogen-bond acceptors (Lipinski definition) is 3. The molecule has 0 aliphatic carbocycles. The van der Waals surface area contributed by atoms with Crippen LogP contribution < -0.4 is 10.1 Å². The third-order valence-corrected chi connectivity index (χ3v) is 3.28. The van der Waals surface area contributed by atoms with Gasteiger partial charge in [-0.15, -0.1) is 0 Å². The first-order valence-corrected chi connectivity index (χ1v) is 6.73. The van der Waals surface area contributed by atoms with Gasteiger partial charge in [0.05, 0.1) is 7.11 Å². The standard InChI is InChI=1S/C16H21NO2/c1-19-16-9-8-13-6-2-3-7-14(13)15(16)12-17-10-4-5-11-18/h2-3,6-9,17-18H,4-5,10-12H2,1H3. The van der Waals surface area contributed by atoms with Gasteiger partial charge in [0.2, 0.25) is 0 Å². The lowest BCUT2D eigenvalue weighted by atomic mass is 10.0. The summed E-state index contributed by atoms with van der Waals surface area (Å²) in [5, 5.41) is 14.6. The predicted octanol–water partition coefficient (Wildman–Crippen LogP) is 2.71. The number of rotatable bonds is 7. The van der Waals surface area contributed by atoms with Gasteiger partial charge < -0.3 is 15.2 Å². The van der Waals surface area contributed by atoms with Crippen LogP contribution in [0.15, 0.2) is 36.4 Å². The van der Waals surface area contributed by atoms with Gasteiger partial charge in [0.1, 0.15) is 5.75 Å². The molecule has 0 fully saturated rings. The molecule has 19 heavy (non-hydrogen) atoms. The Kier molecular flexibility index (Phi) is 5.19. The highest BCUT2D eigenvalue weighted by molar-refractivity contribution is 5.87. The van der Waals surface area contributed by atoms with Crippen molar-refractivity contribution in [2.45, 2.75) is 19.4 Å². The smallest absolute Gasteiger partial charge is 0.123 e. The number of aliphatic hydroxyl groups excluding tert-OH is 1. The Morgan fingerprint density at radius 2 is 1.95 bits per heavy atom. The van der Waals surface area contributed by atoms with Crippen molar-refractivity contribution in [2.24, 2.45) is 0 Å². The van der Waals surface area contributed by atoms with Crippen molar-refractivity contribution < 1.29 is 9.84 Å². The second-order valence-corrected chi connectivity index (χ2v) is 4.58. The van der Waals surface area contributed by atoms with Gasteiger partial charge in [0, 0.05) is 18.7 Å². The molecule has 2 N–H and O–H groups in total. The number of methoxy groups -OCH3 is 1. The lowest BCUT2D eigenvalue weighted by molar-refractivity contribution is 0.283. The molecular formula is C16H21NO2. The van der Waals surface area contributed by atoms with Crippen molar-refractivity contribution >= 4 is 10.8 Å². The summed E-state index contributed by atoms with van der Waals surface area (Å²) in [7, 11) is 1.71. The van der Waals surface area contributed by atoms with E-state index >= 15 is 0 Å². The first-order chi connectivity index (χ1) is 9.36. The van der Waals surface area contributed by atoms with Gasteiger partial charge in [0.25, 0.3) is 0 Å². The van der Waals surface area contributed by atoms with Gasteiger partial charge in [0.15, 0.2) is 0 Å². The van der Waals surface area contributed by atoms with Gasteiger partial charge in [-0.2, -0.15) is 0 Å². The largest absolute Gasteiger partial charge is 0.496 e. The number of nitrogens with one attached hydrogen (secondary N) is 1. The molecule has 0 aromatic heterocycles. The van der Waals surface area contributed by atoms with Crippen LogP contribution in [-0.4, -0.2) is 25.4 Å². The molecule has 2 aromatic rings.